The van der Waals surface area contributed by atoms with E-state index in [0.29, 0.717) is 43.4 Å². The minimum atomic E-state index is -3.49. The molecule has 0 radical (unpaired) electrons. The third kappa shape index (κ3) is 5.03. The summed E-state index contributed by atoms with van der Waals surface area (Å²) in [5, 5.41) is 5.50. The summed E-state index contributed by atoms with van der Waals surface area (Å²) in [6, 6.07) is 4.70. The van der Waals surface area contributed by atoms with Gasteiger partial charge in [-0.15, -0.1) is 0 Å². The number of benzene rings is 1. The summed E-state index contributed by atoms with van der Waals surface area (Å²) in [6.07, 6.45) is 8.22. The number of anilines is 1. The Morgan fingerprint density at radius 1 is 0.968 bits per heavy atom. The van der Waals surface area contributed by atoms with Crippen molar-refractivity contribution >= 4 is 27.6 Å². The van der Waals surface area contributed by atoms with Crippen LogP contribution in [0.4, 0.5) is 10.5 Å². The zero-order chi connectivity index (χ0) is 21.8. The first-order valence-corrected chi connectivity index (χ1v) is 12.8. The minimum absolute atomic E-state index is 0.0796. The lowest BCUT2D eigenvalue weighted by Crippen LogP contribution is -2.44. The van der Waals surface area contributed by atoms with Crippen molar-refractivity contribution < 1.29 is 18.0 Å². The van der Waals surface area contributed by atoms with E-state index in [9.17, 15) is 18.0 Å². The summed E-state index contributed by atoms with van der Waals surface area (Å²) in [7, 11) is -3.49. The van der Waals surface area contributed by atoms with Gasteiger partial charge in [-0.05, 0) is 61.8 Å². The Bertz CT molecular complexity index is 921. The molecule has 3 amide bonds. The van der Waals surface area contributed by atoms with Gasteiger partial charge in [0.25, 0.3) is 0 Å². The van der Waals surface area contributed by atoms with E-state index < -0.39 is 10.0 Å². The van der Waals surface area contributed by atoms with Crippen LogP contribution in [0.25, 0.3) is 0 Å². The van der Waals surface area contributed by atoms with Gasteiger partial charge in [0, 0.05) is 31.9 Å². The molecular weight excluding hydrogens is 416 g/mol. The SMILES string of the molecule is O=C(NCC(=O)N1CCc2cc(S(=O)(=O)N3CCCCC3)ccc21)NCC1CCCC1. The monoisotopic (exact) mass is 448 g/mol. The number of hydrogen-bond donors (Lipinski definition) is 2. The summed E-state index contributed by atoms with van der Waals surface area (Å²) in [4.78, 5) is 26.6. The zero-order valence-corrected chi connectivity index (χ0v) is 18.8. The third-order valence-electron chi connectivity index (χ3n) is 6.63. The molecule has 0 atom stereocenters. The number of nitrogens with one attached hydrogen (secondary N) is 2. The third-order valence-corrected chi connectivity index (χ3v) is 8.52. The van der Waals surface area contributed by atoms with Crippen LogP contribution in [0.3, 0.4) is 0 Å². The van der Waals surface area contributed by atoms with Gasteiger partial charge in [-0.25, -0.2) is 13.2 Å². The lowest BCUT2D eigenvalue weighted by atomic mass is 10.1. The molecule has 0 aromatic heterocycles. The zero-order valence-electron chi connectivity index (χ0n) is 17.9. The van der Waals surface area contributed by atoms with Gasteiger partial charge in [-0.2, -0.15) is 4.31 Å². The summed E-state index contributed by atoms with van der Waals surface area (Å²) < 4.78 is 27.4. The fraction of sp³-hybridized carbons (Fsp3) is 0.636. The molecule has 2 N–H and O–H groups in total. The maximum absolute atomic E-state index is 12.9. The number of amides is 3. The van der Waals surface area contributed by atoms with Gasteiger partial charge in [-0.1, -0.05) is 19.3 Å². The number of carbonyl (C=O) groups excluding carboxylic acids is 2. The molecule has 2 heterocycles. The van der Waals surface area contributed by atoms with Crippen LogP contribution in [0, 0.1) is 5.92 Å². The Labute approximate surface area is 184 Å². The maximum atomic E-state index is 12.9. The van der Waals surface area contributed by atoms with E-state index in [1.165, 1.54) is 12.8 Å². The summed E-state index contributed by atoms with van der Waals surface area (Å²) >= 11 is 0. The molecule has 1 aromatic rings. The molecule has 1 aliphatic carbocycles. The summed E-state index contributed by atoms with van der Waals surface area (Å²) in [5.74, 6) is 0.351. The number of rotatable bonds is 6. The Morgan fingerprint density at radius 2 is 1.71 bits per heavy atom. The van der Waals surface area contributed by atoms with E-state index in [2.05, 4.69) is 10.6 Å². The number of piperidine rings is 1. The second kappa shape index (κ2) is 9.56. The molecule has 0 unspecified atom stereocenters. The van der Waals surface area contributed by atoms with Crippen LogP contribution in [0.5, 0.6) is 0 Å². The molecule has 9 heteroatoms. The Balaban J connectivity index is 1.33. The first kappa shape index (κ1) is 22.1. The quantitative estimate of drug-likeness (QED) is 0.697. The maximum Gasteiger partial charge on any atom is 0.315 e. The fourth-order valence-corrected chi connectivity index (χ4v) is 6.39. The Kier molecular flexibility index (Phi) is 6.81. The van der Waals surface area contributed by atoms with Crippen LogP contribution < -0.4 is 15.5 Å². The van der Waals surface area contributed by atoms with Crippen molar-refractivity contribution in [2.24, 2.45) is 5.92 Å². The lowest BCUT2D eigenvalue weighted by Gasteiger charge is -2.26. The van der Waals surface area contributed by atoms with Crippen LogP contribution in [0.2, 0.25) is 0 Å². The van der Waals surface area contributed by atoms with Crippen molar-refractivity contribution in [3.05, 3.63) is 23.8 Å². The van der Waals surface area contributed by atoms with Crippen molar-refractivity contribution in [2.75, 3.05) is 37.6 Å². The average Bonchev–Trinajstić information content (AvgIpc) is 3.46. The fourth-order valence-electron chi connectivity index (χ4n) is 4.82. The largest absolute Gasteiger partial charge is 0.338 e. The van der Waals surface area contributed by atoms with Gasteiger partial charge in [-0.3, -0.25) is 4.79 Å². The summed E-state index contributed by atoms with van der Waals surface area (Å²) in [5.41, 5.74) is 1.59. The molecule has 1 saturated carbocycles. The van der Waals surface area contributed by atoms with Crippen molar-refractivity contribution in [1.82, 2.24) is 14.9 Å². The van der Waals surface area contributed by atoms with Gasteiger partial charge >= 0.3 is 6.03 Å². The second-order valence-electron chi connectivity index (χ2n) is 8.76. The van der Waals surface area contributed by atoms with E-state index in [-0.39, 0.29) is 18.5 Å². The van der Waals surface area contributed by atoms with Gasteiger partial charge in [0.15, 0.2) is 0 Å². The highest BCUT2D eigenvalue weighted by Gasteiger charge is 2.30. The van der Waals surface area contributed by atoms with Crippen LogP contribution in [-0.2, 0) is 21.2 Å². The highest BCUT2D eigenvalue weighted by molar-refractivity contribution is 7.89. The van der Waals surface area contributed by atoms with Crippen LogP contribution >= 0.6 is 0 Å². The standard InChI is InChI=1S/C22H32N4O4S/c27-21(16-24-22(28)23-15-17-6-2-3-7-17)26-13-10-18-14-19(8-9-20(18)26)31(29,30)25-11-4-1-5-12-25/h8-9,14,17H,1-7,10-13,15-16H2,(H2,23,24,28). The highest BCUT2D eigenvalue weighted by Crippen LogP contribution is 2.31. The summed E-state index contributed by atoms with van der Waals surface area (Å²) in [6.45, 7) is 2.20. The molecular formula is C22H32N4O4S. The van der Waals surface area contributed by atoms with Gasteiger partial charge in [0.1, 0.15) is 0 Å². The Hall–Kier alpha value is -2.13. The molecule has 170 valence electrons. The molecule has 2 aliphatic heterocycles. The lowest BCUT2D eigenvalue weighted by molar-refractivity contribution is -0.117. The molecule has 0 bridgehead atoms. The predicted molar refractivity (Wildman–Crippen MR) is 118 cm³/mol. The number of hydrogen-bond acceptors (Lipinski definition) is 4. The smallest absolute Gasteiger partial charge is 0.315 e. The molecule has 31 heavy (non-hydrogen) atoms. The van der Waals surface area contributed by atoms with Crippen LogP contribution in [-0.4, -0.2) is 57.4 Å². The molecule has 4 rings (SSSR count). The van der Waals surface area contributed by atoms with Crippen molar-refractivity contribution in [1.29, 1.82) is 0 Å². The van der Waals surface area contributed by atoms with E-state index in [1.807, 2.05) is 0 Å². The topological polar surface area (TPSA) is 98.8 Å². The van der Waals surface area contributed by atoms with Gasteiger partial charge in [0.05, 0.1) is 11.4 Å². The van der Waals surface area contributed by atoms with E-state index in [0.717, 1.165) is 43.4 Å². The predicted octanol–water partition coefficient (Wildman–Crippen LogP) is 2.24. The molecule has 3 aliphatic rings. The van der Waals surface area contributed by atoms with Gasteiger partial charge in [0.2, 0.25) is 15.9 Å². The molecule has 0 spiro atoms. The second-order valence-corrected chi connectivity index (χ2v) is 10.7. The number of sulfonamides is 1. The average molecular weight is 449 g/mol. The minimum Gasteiger partial charge on any atom is -0.338 e. The first-order valence-electron chi connectivity index (χ1n) is 11.4. The normalized spacial score (nSPS) is 19.9. The Morgan fingerprint density at radius 3 is 2.45 bits per heavy atom. The van der Waals surface area contributed by atoms with E-state index >= 15 is 0 Å². The number of nitrogens with zero attached hydrogens (tertiary/aromatic N) is 2. The van der Waals surface area contributed by atoms with Crippen LogP contribution in [0.15, 0.2) is 23.1 Å². The van der Waals surface area contributed by atoms with E-state index in [1.54, 1.807) is 27.4 Å². The van der Waals surface area contributed by atoms with Gasteiger partial charge < -0.3 is 15.5 Å². The molecule has 2 fully saturated rings. The van der Waals surface area contributed by atoms with Crippen molar-refractivity contribution in [3.63, 3.8) is 0 Å². The first-order chi connectivity index (χ1) is 14.9. The number of carbonyl (C=O) groups is 2. The van der Waals surface area contributed by atoms with Crippen LogP contribution in [0.1, 0.15) is 50.5 Å². The molecule has 1 aromatic carbocycles. The molecule has 8 nitrogen and oxygen atoms in total. The van der Waals surface area contributed by atoms with Crippen molar-refractivity contribution in [2.45, 2.75) is 56.3 Å². The van der Waals surface area contributed by atoms with Crippen molar-refractivity contribution in [3.8, 4) is 0 Å². The molecule has 1 saturated heterocycles. The number of fused-ring (bicyclic) bond motifs is 1. The van der Waals surface area contributed by atoms with E-state index in [4.69, 9.17) is 0 Å². The highest BCUT2D eigenvalue weighted by atomic mass is 32.2. The number of urea groups is 1.